The van der Waals surface area contributed by atoms with Crippen LogP contribution in [-0.2, 0) is 9.59 Å². The molecule has 34 heavy (non-hydrogen) atoms. The van der Waals surface area contributed by atoms with Crippen LogP contribution in [0, 0.1) is 58.2 Å². The molecule has 0 radical (unpaired) electrons. The molecule has 190 valence electrons. The summed E-state index contributed by atoms with van der Waals surface area (Å²) in [6.07, 6.45) is 17.6. The van der Waals surface area contributed by atoms with Crippen molar-refractivity contribution in [3.05, 3.63) is 11.6 Å². The van der Waals surface area contributed by atoms with Crippen molar-refractivity contribution in [2.24, 2.45) is 58.2 Å². The van der Waals surface area contributed by atoms with Gasteiger partial charge in [-0.2, -0.15) is 0 Å². The van der Waals surface area contributed by atoms with Gasteiger partial charge in [0, 0.05) is 6.42 Å². The zero-order chi connectivity index (χ0) is 24.3. The van der Waals surface area contributed by atoms with Crippen LogP contribution >= 0.6 is 0 Å². The van der Waals surface area contributed by atoms with E-state index < -0.39 is 0 Å². The van der Waals surface area contributed by atoms with Crippen molar-refractivity contribution >= 4 is 11.8 Å². The van der Waals surface area contributed by atoms with Crippen molar-refractivity contribution in [3.63, 3.8) is 0 Å². The highest BCUT2D eigenvalue weighted by atomic mass is 16.2. The van der Waals surface area contributed by atoms with Gasteiger partial charge in [0.15, 0.2) is 0 Å². The zero-order valence-electron chi connectivity index (χ0n) is 22.5. The van der Waals surface area contributed by atoms with Gasteiger partial charge in [-0.15, -0.1) is 0 Å². The molecular formula is C31H49NO2. The Labute approximate surface area is 208 Å². The van der Waals surface area contributed by atoms with Gasteiger partial charge in [-0.25, -0.2) is 0 Å². The maximum Gasteiger partial charge on any atom is 0.230 e. The maximum absolute atomic E-state index is 12.3. The van der Waals surface area contributed by atoms with E-state index in [1.54, 1.807) is 5.57 Å². The zero-order valence-corrected chi connectivity index (χ0v) is 22.5. The lowest BCUT2D eigenvalue weighted by molar-refractivity contribution is -0.126. The van der Waals surface area contributed by atoms with Crippen molar-refractivity contribution in [2.75, 3.05) is 0 Å². The van der Waals surface area contributed by atoms with Crippen molar-refractivity contribution in [1.82, 2.24) is 5.32 Å². The van der Waals surface area contributed by atoms with E-state index >= 15 is 0 Å². The summed E-state index contributed by atoms with van der Waals surface area (Å²) < 4.78 is 0. The fourth-order valence-corrected chi connectivity index (χ4v) is 10.0. The highest BCUT2D eigenvalue weighted by molar-refractivity contribution is 6.03. The third-order valence-corrected chi connectivity index (χ3v) is 11.9. The van der Waals surface area contributed by atoms with Crippen LogP contribution in [-0.4, -0.2) is 11.8 Å². The van der Waals surface area contributed by atoms with Crippen LogP contribution in [0.1, 0.15) is 112 Å². The van der Waals surface area contributed by atoms with Crippen molar-refractivity contribution in [2.45, 2.75) is 112 Å². The summed E-state index contributed by atoms with van der Waals surface area (Å²) in [5, 5.41) is 2.55. The predicted octanol–water partition coefficient (Wildman–Crippen LogP) is 7.31. The van der Waals surface area contributed by atoms with E-state index in [-0.39, 0.29) is 17.7 Å². The molecule has 0 aromatic rings. The topological polar surface area (TPSA) is 46.2 Å². The molecule has 1 aliphatic heterocycles. The first-order valence-electron chi connectivity index (χ1n) is 14.7. The fourth-order valence-electron chi connectivity index (χ4n) is 10.0. The quantitative estimate of drug-likeness (QED) is 0.329. The molecule has 5 aliphatic rings. The summed E-state index contributed by atoms with van der Waals surface area (Å²) >= 11 is 0. The first-order valence-corrected chi connectivity index (χ1v) is 14.7. The van der Waals surface area contributed by atoms with Crippen LogP contribution in [0.25, 0.3) is 0 Å². The third-order valence-electron chi connectivity index (χ3n) is 11.9. The number of hydrogen-bond donors (Lipinski definition) is 1. The molecule has 0 spiro atoms. The number of allylic oxidation sites excluding steroid dienone is 2. The van der Waals surface area contributed by atoms with Gasteiger partial charge in [-0.1, -0.05) is 65.5 Å². The van der Waals surface area contributed by atoms with Crippen molar-refractivity contribution < 1.29 is 9.59 Å². The standard InChI is InChI=1S/C31H49NO2/c1-19(2)7-6-8-20(3)25-11-12-26-23-10-9-22-17-21(24-18-28(33)32-29(24)34)13-15-30(22,4)27(23)14-16-31(25,26)5/h9,19-21,23-27H,6-8,10-18H2,1-5H3,(H,32,33,34)/t20-,21?,23?,24?,25-,26?,27?,30+,31-/m1/s1. The molecular weight excluding hydrogens is 418 g/mol. The van der Waals surface area contributed by atoms with E-state index in [0.29, 0.717) is 23.2 Å². The molecule has 1 heterocycles. The third kappa shape index (κ3) is 4.01. The molecule has 2 amide bonds. The lowest BCUT2D eigenvalue weighted by Crippen LogP contribution is -2.50. The minimum absolute atomic E-state index is 0.0131. The molecule has 9 atom stereocenters. The van der Waals surface area contributed by atoms with Gasteiger partial charge in [0.25, 0.3) is 0 Å². The molecule has 3 heteroatoms. The average Bonchev–Trinajstić information content (AvgIpc) is 3.31. The summed E-state index contributed by atoms with van der Waals surface area (Å²) in [5.74, 6) is 5.38. The van der Waals surface area contributed by atoms with Crippen LogP contribution in [0.5, 0.6) is 0 Å². The van der Waals surface area contributed by atoms with Gasteiger partial charge in [0.2, 0.25) is 11.8 Å². The largest absolute Gasteiger partial charge is 0.296 e. The minimum Gasteiger partial charge on any atom is -0.296 e. The monoisotopic (exact) mass is 467 g/mol. The summed E-state index contributed by atoms with van der Waals surface area (Å²) in [6, 6.07) is 0. The van der Waals surface area contributed by atoms with Crippen molar-refractivity contribution in [1.29, 1.82) is 0 Å². The number of fused-ring (bicyclic) bond motifs is 5. The molecule has 5 rings (SSSR count). The highest BCUT2D eigenvalue weighted by Gasteiger charge is 2.59. The number of nitrogens with one attached hydrogen (secondary N) is 1. The molecule has 0 bridgehead atoms. The molecule has 0 aromatic heterocycles. The van der Waals surface area contributed by atoms with Crippen molar-refractivity contribution in [3.8, 4) is 0 Å². The minimum atomic E-state index is -0.0851. The Hall–Kier alpha value is -1.12. The molecule has 3 saturated carbocycles. The maximum atomic E-state index is 12.3. The summed E-state index contributed by atoms with van der Waals surface area (Å²) in [4.78, 5) is 24.1. The Balaban J connectivity index is 1.29. The SMILES string of the molecule is CC(C)CCC[C@@H](C)[C@H]1CCC2C3CC=C4CC(C5CC(=O)NC5=O)CC[C@]4(C)C3CC[C@@]21C. The highest BCUT2D eigenvalue weighted by Crippen LogP contribution is 2.67. The van der Waals surface area contributed by atoms with Gasteiger partial charge < -0.3 is 0 Å². The van der Waals surface area contributed by atoms with E-state index in [4.69, 9.17) is 0 Å². The van der Waals surface area contributed by atoms with Gasteiger partial charge in [-0.3, -0.25) is 14.9 Å². The Morgan fingerprint density at radius 2 is 1.76 bits per heavy atom. The van der Waals surface area contributed by atoms with E-state index in [0.717, 1.165) is 48.3 Å². The summed E-state index contributed by atoms with van der Waals surface area (Å²) in [6.45, 7) is 12.5. The average molecular weight is 468 g/mol. The van der Waals surface area contributed by atoms with E-state index in [2.05, 4.69) is 46.0 Å². The molecule has 1 saturated heterocycles. The Morgan fingerprint density at radius 3 is 2.47 bits per heavy atom. The number of hydrogen-bond acceptors (Lipinski definition) is 2. The van der Waals surface area contributed by atoms with Gasteiger partial charge in [0.05, 0.1) is 5.92 Å². The number of rotatable bonds is 6. The van der Waals surface area contributed by atoms with Gasteiger partial charge >= 0.3 is 0 Å². The lowest BCUT2D eigenvalue weighted by atomic mass is 9.46. The Kier molecular flexibility index (Phi) is 6.56. The molecule has 5 unspecified atom stereocenters. The van der Waals surface area contributed by atoms with E-state index in [9.17, 15) is 9.59 Å². The Morgan fingerprint density at radius 1 is 0.971 bits per heavy atom. The normalized spacial score (nSPS) is 44.8. The number of carbonyl (C=O) groups is 2. The molecule has 3 nitrogen and oxygen atoms in total. The molecule has 4 fully saturated rings. The molecule has 0 aromatic carbocycles. The lowest BCUT2D eigenvalue weighted by Gasteiger charge is -2.59. The predicted molar refractivity (Wildman–Crippen MR) is 138 cm³/mol. The second kappa shape index (κ2) is 9.07. The number of amides is 2. The van der Waals surface area contributed by atoms with Crippen LogP contribution < -0.4 is 5.32 Å². The van der Waals surface area contributed by atoms with Crippen LogP contribution in [0.3, 0.4) is 0 Å². The van der Waals surface area contributed by atoms with Gasteiger partial charge in [0.1, 0.15) is 0 Å². The summed E-state index contributed by atoms with van der Waals surface area (Å²) in [7, 11) is 0. The second-order valence-electron chi connectivity index (χ2n) is 14.0. The van der Waals surface area contributed by atoms with Gasteiger partial charge in [-0.05, 0) is 104 Å². The van der Waals surface area contributed by atoms with Crippen LogP contribution in [0.4, 0.5) is 0 Å². The smallest absolute Gasteiger partial charge is 0.230 e. The number of carbonyl (C=O) groups excluding carboxylic acids is 2. The number of imide groups is 1. The van der Waals surface area contributed by atoms with Crippen LogP contribution in [0.2, 0.25) is 0 Å². The molecule has 4 aliphatic carbocycles. The first kappa shape index (κ1) is 24.6. The first-order chi connectivity index (χ1) is 16.1. The van der Waals surface area contributed by atoms with E-state index in [1.165, 1.54) is 57.8 Å². The molecule has 1 N–H and O–H groups in total. The van der Waals surface area contributed by atoms with Crippen LogP contribution in [0.15, 0.2) is 11.6 Å². The van der Waals surface area contributed by atoms with E-state index in [1.807, 2.05) is 0 Å². The summed E-state index contributed by atoms with van der Waals surface area (Å²) in [5.41, 5.74) is 2.50. The fraction of sp³-hybridized carbons (Fsp3) is 0.871. The second-order valence-corrected chi connectivity index (χ2v) is 14.0. The Bertz CT molecular complexity index is 844.